The molecule has 1 atom stereocenters. The van der Waals surface area contributed by atoms with E-state index < -0.39 is 0 Å². The highest BCUT2D eigenvalue weighted by Gasteiger charge is 2.21. The summed E-state index contributed by atoms with van der Waals surface area (Å²) in [5.41, 5.74) is 0.747. The molecule has 2 rings (SSSR count). The zero-order chi connectivity index (χ0) is 12.3. The van der Waals surface area contributed by atoms with Gasteiger partial charge in [-0.1, -0.05) is 15.9 Å². The van der Waals surface area contributed by atoms with Crippen molar-refractivity contribution in [3.8, 4) is 0 Å². The lowest BCUT2D eigenvalue weighted by Crippen LogP contribution is -2.40. The van der Waals surface area contributed by atoms with E-state index in [0.717, 1.165) is 29.4 Å². The summed E-state index contributed by atoms with van der Waals surface area (Å²) in [6, 6.07) is 4.35. The zero-order valence-electron chi connectivity index (χ0n) is 9.71. The molecule has 2 N–H and O–H groups in total. The molecule has 6 heteroatoms. The number of benzene rings is 1. The molecular weight excluding hydrogens is 323 g/mol. The molecule has 1 aromatic rings. The van der Waals surface area contributed by atoms with Crippen LogP contribution in [0.1, 0.15) is 18.4 Å². The first-order valence-corrected chi connectivity index (χ1v) is 6.41. The molecule has 1 amide bonds. The topological polar surface area (TPSA) is 41.1 Å². The van der Waals surface area contributed by atoms with Crippen molar-refractivity contribution in [2.24, 2.45) is 0 Å². The lowest BCUT2D eigenvalue weighted by molar-refractivity contribution is -0.122. The molecule has 1 aliphatic rings. The van der Waals surface area contributed by atoms with Crippen LogP contribution in [0.5, 0.6) is 0 Å². The van der Waals surface area contributed by atoms with Crippen LogP contribution >= 0.6 is 28.3 Å². The molecular formula is C12H15BrClFN2O. The number of nitrogens with one attached hydrogen (secondary N) is 2. The van der Waals surface area contributed by atoms with Gasteiger partial charge in [0.15, 0.2) is 0 Å². The highest BCUT2D eigenvalue weighted by molar-refractivity contribution is 9.10. The molecule has 0 aromatic heterocycles. The maximum atomic E-state index is 13.0. The number of amides is 1. The van der Waals surface area contributed by atoms with Crippen LogP contribution in [0, 0.1) is 5.82 Å². The van der Waals surface area contributed by atoms with Crippen molar-refractivity contribution in [1.29, 1.82) is 0 Å². The lowest BCUT2D eigenvalue weighted by atomic mass is 10.2. The van der Waals surface area contributed by atoms with Crippen LogP contribution in [-0.4, -0.2) is 18.5 Å². The quantitative estimate of drug-likeness (QED) is 0.889. The summed E-state index contributed by atoms with van der Waals surface area (Å²) >= 11 is 3.33. The van der Waals surface area contributed by atoms with Crippen molar-refractivity contribution in [1.82, 2.24) is 10.6 Å². The highest BCUT2D eigenvalue weighted by atomic mass is 79.9. The smallest absolute Gasteiger partial charge is 0.237 e. The Balaban J connectivity index is 0.00000162. The number of rotatable bonds is 3. The Morgan fingerprint density at radius 2 is 2.33 bits per heavy atom. The Hall–Kier alpha value is -0.650. The molecule has 1 fully saturated rings. The number of hydrogen-bond donors (Lipinski definition) is 2. The van der Waals surface area contributed by atoms with Gasteiger partial charge >= 0.3 is 0 Å². The van der Waals surface area contributed by atoms with Crippen molar-refractivity contribution in [2.75, 3.05) is 6.54 Å². The minimum atomic E-state index is -0.295. The minimum Gasteiger partial charge on any atom is -0.351 e. The monoisotopic (exact) mass is 336 g/mol. The maximum absolute atomic E-state index is 13.0. The van der Waals surface area contributed by atoms with Gasteiger partial charge in [-0.15, -0.1) is 12.4 Å². The summed E-state index contributed by atoms with van der Waals surface area (Å²) in [5, 5.41) is 5.93. The van der Waals surface area contributed by atoms with E-state index in [2.05, 4.69) is 26.6 Å². The fraction of sp³-hybridized carbons (Fsp3) is 0.417. The molecule has 0 spiro atoms. The van der Waals surface area contributed by atoms with Crippen molar-refractivity contribution in [3.05, 3.63) is 34.1 Å². The van der Waals surface area contributed by atoms with Gasteiger partial charge in [0.25, 0.3) is 0 Å². The van der Waals surface area contributed by atoms with Crippen molar-refractivity contribution in [3.63, 3.8) is 0 Å². The van der Waals surface area contributed by atoms with Crippen molar-refractivity contribution >= 4 is 34.2 Å². The van der Waals surface area contributed by atoms with Gasteiger partial charge < -0.3 is 10.6 Å². The minimum absolute atomic E-state index is 0. The molecule has 0 saturated carbocycles. The van der Waals surface area contributed by atoms with Crippen LogP contribution < -0.4 is 10.6 Å². The van der Waals surface area contributed by atoms with Gasteiger partial charge in [-0.05, 0) is 43.1 Å². The summed E-state index contributed by atoms with van der Waals surface area (Å²) in [5.74, 6) is -0.310. The summed E-state index contributed by atoms with van der Waals surface area (Å²) in [6.07, 6.45) is 1.90. The van der Waals surface area contributed by atoms with Gasteiger partial charge in [0, 0.05) is 11.0 Å². The molecule has 0 radical (unpaired) electrons. The van der Waals surface area contributed by atoms with Crippen LogP contribution in [0.15, 0.2) is 22.7 Å². The highest BCUT2D eigenvalue weighted by Crippen LogP contribution is 2.17. The van der Waals surface area contributed by atoms with Crippen LogP contribution in [-0.2, 0) is 11.3 Å². The molecule has 1 saturated heterocycles. The molecule has 0 unspecified atom stereocenters. The second-order valence-electron chi connectivity index (χ2n) is 4.10. The Morgan fingerprint density at radius 1 is 1.56 bits per heavy atom. The van der Waals surface area contributed by atoms with Crippen LogP contribution in [0.4, 0.5) is 4.39 Å². The van der Waals surface area contributed by atoms with E-state index in [0.29, 0.717) is 6.54 Å². The van der Waals surface area contributed by atoms with E-state index in [1.165, 1.54) is 12.1 Å². The molecule has 3 nitrogen and oxygen atoms in total. The van der Waals surface area contributed by atoms with Gasteiger partial charge in [0.05, 0.1) is 6.04 Å². The molecule has 0 bridgehead atoms. The van der Waals surface area contributed by atoms with E-state index in [1.54, 1.807) is 6.07 Å². The SMILES string of the molecule is Cl.O=C(NCc1cc(F)ccc1Br)[C@@H]1CCCN1. The first kappa shape index (κ1) is 15.4. The summed E-state index contributed by atoms with van der Waals surface area (Å²) in [6.45, 7) is 1.23. The van der Waals surface area contributed by atoms with Gasteiger partial charge in [-0.3, -0.25) is 4.79 Å². The van der Waals surface area contributed by atoms with Crippen LogP contribution in [0.3, 0.4) is 0 Å². The third-order valence-corrected chi connectivity index (χ3v) is 3.61. The third-order valence-electron chi connectivity index (χ3n) is 2.84. The van der Waals surface area contributed by atoms with Gasteiger partial charge in [-0.25, -0.2) is 4.39 Å². The van der Waals surface area contributed by atoms with Gasteiger partial charge in [-0.2, -0.15) is 0 Å². The maximum Gasteiger partial charge on any atom is 0.237 e. The number of hydrogen-bond acceptors (Lipinski definition) is 2. The molecule has 100 valence electrons. The zero-order valence-corrected chi connectivity index (χ0v) is 12.1. The van der Waals surface area contributed by atoms with E-state index in [4.69, 9.17) is 0 Å². The average Bonchev–Trinajstić information content (AvgIpc) is 2.83. The third kappa shape index (κ3) is 3.93. The van der Waals surface area contributed by atoms with Crippen molar-refractivity contribution in [2.45, 2.75) is 25.4 Å². The first-order chi connectivity index (χ1) is 8.16. The number of halogens is 3. The van der Waals surface area contributed by atoms with Crippen LogP contribution in [0.2, 0.25) is 0 Å². The molecule has 1 aromatic carbocycles. The number of carbonyl (C=O) groups is 1. The van der Waals surface area contributed by atoms with Crippen molar-refractivity contribution < 1.29 is 9.18 Å². The lowest BCUT2D eigenvalue weighted by Gasteiger charge is -2.11. The van der Waals surface area contributed by atoms with Gasteiger partial charge in [0.1, 0.15) is 5.82 Å². The second kappa shape index (κ2) is 7.07. The summed E-state index contributed by atoms with van der Waals surface area (Å²) in [7, 11) is 0. The Labute approximate surface area is 120 Å². The number of carbonyl (C=O) groups excluding carboxylic acids is 1. The predicted octanol–water partition coefficient (Wildman–Crippen LogP) is 2.38. The second-order valence-corrected chi connectivity index (χ2v) is 4.96. The average molecular weight is 338 g/mol. The fourth-order valence-corrected chi connectivity index (χ4v) is 2.28. The first-order valence-electron chi connectivity index (χ1n) is 5.62. The largest absolute Gasteiger partial charge is 0.351 e. The van der Waals surface area contributed by atoms with E-state index in [-0.39, 0.29) is 30.2 Å². The van der Waals surface area contributed by atoms with Crippen LogP contribution in [0.25, 0.3) is 0 Å². The van der Waals surface area contributed by atoms with E-state index in [9.17, 15) is 9.18 Å². The normalized spacial score (nSPS) is 18.2. The summed E-state index contributed by atoms with van der Waals surface area (Å²) < 4.78 is 13.8. The molecule has 1 heterocycles. The molecule has 18 heavy (non-hydrogen) atoms. The molecule has 0 aliphatic carbocycles. The molecule has 1 aliphatic heterocycles. The Kier molecular flexibility index (Phi) is 6.05. The van der Waals surface area contributed by atoms with E-state index >= 15 is 0 Å². The Morgan fingerprint density at radius 3 is 3.00 bits per heavy atom. The van der Waals surface area contributed by atoms with Gasteiger partial charge in [0.2, 0.25) is 5.91 Å². The fourth-order valence-electron chi connectivity index (χ4n) is 1.89. The predicted molar refractivity (Wildman–Crippen MR) is 74.2 cm³/mol. The Bertz CT molecular complexity index is 425. The standard InChI is InChI=1S/C12H14BrFN2O.ClH/c13-10-4-3-9(14)6-8(10)7-16-12(17)11-2-1-5-15-11;/h3-4,6,11,15H,1-2,5,7H2,(H,16,17);1H/t11-;/m0./s1. The summed E-state index contributed by atoms with van der Waals surface area (Å²) in [4.78, 5) is 11.7. The van der Waals surface area contributed by atoms with E-state index in [1.807, 2.05) is 0 Å².